The van der Waals surface area contributed by atoms with Gasteiger partial charge in [-0.3, -0.25) is 4.79 Å². The molecule has 0 saturated heterocycles. The molecular formula is C25H24ClN3O4. The maximum Gasteiger partial charge on any atom is 0.214 e. The van der Waals surface area contributed by atoms with Gasteiger partial charge in [-0.15, -0.1) is 0 Å². The van der Waals surface area contributed by atoms with Crippen molar-refractivity contribution in [2.75, 3.05) is 26.2 Å². The fraction of sp³-hybridized carbons (Fsp3) is 0.200. The Balaban J connectivity index is 1.66. The Morgan fingerprint density at radius 1 is 0.939 bits per heavy atom. The molecule has 1 heterocycles. The zero-order valence-electron chi connectivity index (χ0n) is 18.6. The van der Waals surface area contributed by atoms with E-state index in [1.54, 1.807) is 19.2 Å². The number of carbonyl (C=O) groups is 1. The minimum absolute atomic E-state index is 0.210. The van der Waals surface area contributed by atoms with E-state index in [1.165, 1.54) is 19.1 Å². The maximum absolute atomic E-state index is 11.9. The van der Waals surface area contributed by atoms with Crippen molar-refractivity contribution in [1.29, 1.82) is 0 Å². The quantitative estimate of drug-likeness (QED) is 0.352. The predicted octanol–water partition coefficient (Wildman–Crippen LogP) is 5.00. The second kappa shape index (κ2) is 9.83. The topological polar surface area (TPSA) is 76.7 Å². The highest BCUT2D eigenvalue weighted by molar-refractivity contribution is 6.35. The molecule has 0 saturated carbocycles. The molecule has 1 N–H and O–H groups in total. The molecular weight excluding hydrogens is 442 g/mol. The van der Waals surface area contributed by atoms with Crippen LogP contribution in [0.4, 0.5) is 5.69 Å². The zero-order chi connectivity index (χ0) is 23.4. The van der Waals surface area contributed by atoms with Gasteiger partial charge in [0.15, 0.2) is 11.5 Å². The lowest BCUT2D eigenvalue weighted by Gasteiger charge is -2.20. The van der Waals surface area contributed by atoms with Crippen molar-refractivity contribution in [1.82, 2.24) is 9.97 Å². The van der Waals surface area contributed by atoms with E-state index in [-0.39, 0.29) is 11.6 Å². The van der Waals surface area contributed by atoms with Gasteiger partial charge in [0.05, 0.1) is 44.6 Å². The first kappa shape index (κ1) is 22.5. The van der Waals surface area contributed by atoms with Crippen LogP contribution in [0, 0.1) is 0 Å². The van der Waals surface area contributed by atoms with Gasteiger partial charge in [0.1, 0.15) is 16.6 Å². The summed E-state index contributed by atoms with van der Waals surface area (Å²) in [7, 11) is 4.70. The first-order valence-corrected chi connectivity index (χ1v) is 10.7. The first-order valence-electron chi connectivity index (χ1n) is 10.3. The van der Waals surface area contributed by atoms with Gasteiger partial charge < -0.3 is 24.1 Å². The Labute approximate surface area is 196 Å². The average molecular weight is 466 g/mol. The molecule has 8 heteroatoms. The van der Waals surface area contributed by atoms with Gasteiger partial charge in [0.2, 0.25) is 6.41 Å². The Bertz CT molecular complexity index is 1290. The number of halogens is 1. The van der Waals surface area contributed by atoms with Crippen LogP contribution in [0.2, 0.25) is 5.02 Å². The maximum atomic E-state index is 11.9. The Morgan fingerprint density at radius 3 is 2.42 bits per heavy atom. The molecule has 0 aliphatic heterocycles. The monoisotopic (exact) mass is 465 g/mol. The lowest BCUT2D eigenvalue weighted by molar-refractivity contribution is -0.107. The highest BCUT2D eigenvalue weighted by Crippen LogP contribution is 2.41. The number of amides is 1. The highest BCUT2D eigenvalue weighted by atomic mass is 35.5. The lowest BCUT2D eigenvalue weighted by atomic mass is 10.0. The largest absolute Gasteiger partial charge is 0.496 e. The number of hydrogen-bond donors (Lipinski definition) is 1. The number of rotatable bonds is 9. The average Bonchev–Trinajstić information content (AvgIpc) is 3.26. The fourth-order valence-corrected chi connectivity index (χ4v) is 4.20. The normalized spacial score (nSPS) is 10.8. The molecule has 0 aliphatic carbocycles. The molecule has 0 bridgehead atoms. The summed E-state index contributed by atoms with van der Waals surface area (Å²) < 4.78 is 16.1. The van der Waals surface area contributed by atoms with Gasteiger partial charge in [0, 0.05) is 6.42 Å². The van der Waals surface area contributed by atoms with E-state index in [9.17, 15) is 4.79 Å². The second-order valence-electron chi connectivity index (χ2n) is 7.35. The number of imidazole rings is 1. The number of hydrogen-bond acceptors (Lipinski definition) is 5. The summed E-state index contributed by atoms with van der Waals surface area (Å²) >= 11 is 6.51. The molecule has 3 aromatic carbocycles. The molecule has 1 aromatic heterocycles. The summed E-state index contributed by atoms with van der Waals surface area (Å²) in [6.45, 7) is 0.210. The third-order valence-electron chi connectivity index (χ3n) is 5.44. The number of nitrogens with zero attached hydrogens (tertiary/aromatic N) is 2. The molecule has 0 unspecified atom stereocenters. The summed E-state index contributed by atoms with van der Waals surface area (Å²) in [6, 6.07) is 17.3. The number of carbonyl (C=O) groups excluding carboxylic acids is 1. The summed E-state index contributed by atoms with van der Waals surface area (Å²) in [5, 5.41) is 0.289. The van der Waals surface area contributed by atoms with Crippen LogP contribution in [-0.2, 0) is 17.8 Å². The van der Waals surface area contributed by atoms with E-state index >= 15 is 0 Å². The lowest BCUT2D eigenvalue weighted by Crippen LogP contribution is -2.21. The van der Waals surface area contributed by atoms with Crippen LogP contribution >= 0.6 is 11.6 Å². The van der Waals surface area contributed by atoms with Crippen molar-refractivity contribution in [3.8, 4) is 17.2 Å². The van der Waals surface area contributed by atoms with Crippen molar-refractivity contribution >= 4 is 34.7 Å². The summed E-state index contributed by atoms with van der Waals surface area (Å²) in [5.74, 6) is 2.32. The molecule has 0 fully saturated rings. The molecule has 170 valence electrons. The van der Waals surface area contributed by atoms with E-state index in [1.807, 2.05) is 42.5 Å². The van der Waals surface area contributed by atoms with Crippen molar-refractivity contribution in [2.24, 2.45) is 0 Å². The zero-order valence-corrected chi connectivity index (χ0v) is 19.3. The SMILES string of the molecule is COc1ccccc1Cc1cccc2[nH]c(CN(C=O)c3ccc(OC)c(OC)c3Cl)nc12. The van der Waals surface area contributed by atoms with E-state index in [4.69, 9.17) is 30.8 Å². The van der Waals surface area contributed by atoms with E-state index in [2.05, 4.69) is 4.98 Å². The van der Waals surface area contributed by atoms with Crippen LogP contribution in [-0.4, -0.2) is 37.7 Å². The van der Waals surface area contributed by atoms with Crippen molar-refractivity contribution in [3.05, 3.63) is 76.6 Å². The third-order valence-corrected chi connectivity index (χ3v) is 5.81. The van der Waals surface area contributed by atoms with E-state index < -0.39 is 0 Å². The molecule has 0 radical (unpaired) electrons. The number of nitrogens with one attached hydrogen (secondary N) is 1. The minimum atomic E-state index is 0.210. The molecule has 0 aliphatic rings. The van der Waals surface area contributed by atoms with Crippen LogP contribution in [0.1, 0.15) is 17.0 Å². The number of ether oxygens (including phenoxy) is 3. The molecule has 0 spiro atoms. The second-order valence-corrected chi connectivity index (χ2v) is 7.73. The Morgan fingerprint density at radius 2 is 1.70 bits per heavy atom. The number of para-hydroxylation sites is 2. The number of aromatic amines is 1. The molecule has 33 heavy (non-hydrogen) atoms. The number of benzene rings is 3. The van der Waals surface area contributed by atoms with E-state index in [0.29, 0.717) is 29.4 Å². The summed E-state index contributed by atoms with van der Waals surface area (Å²) in [4.78, 5) is 21.5. The van der Waals surface area contributed by atoms with Crippen LogP contribution in [0.25, 0.3) is 11.0 Å². The van der Waals surface area contributed by atoms with Crippen LogP contribution in [0.5, 0.6) is 17.2 Å². The highest BCUT2D eigenvalue weighted by Gasteiger charge is 2.19. The predicted molar refractivity (Wildman–Crippen MR) is 129 cm³/mol. The fourth-order valence-electron chi connectivity index (χ4n) is 3.86. The number of aromatic nitrogens is 2. The van der Waals surface area contributed by atoms with Crippen LogP contribution < -0.4 is 19.1 Å². The van der Waals surface area contributed by atoms with Crippen molar-refractivity contribution in [2.45, 2.75) is 13.0 Å². The van der Waals surface area contributed by atoms with Gasteiger partial charge in [0.25, 0.3) is 0 Å². The molecule has 1 amide bonds. The van der Waals surface area contributed by atoms with Gasteiger partial charge in [-0.05, 0) is 35.4 Å². The van der Waals surface area contributed by atoms with Crippen LogP contribution in [0.15, 0.2) is 54.6 Å². The smallest absolute Gasteiger partial charge is 0.214 e. The molecule has 4 aromatic rings. The summed E-state index contributed by atoms with van der Waals surface area (Å²) in [6.07, 6.45) is 1.39. The van der Waals surface area contributed by atoms with Gasteiger partial charge in [-0.25, -0.2) is 4.98 Å². The first-order chi connectivity index (χ1) is 16.1. The van der Waals surface area contributed by atoms with Gasteiger partial charge >= 0.3 is 0 Å². The number of anilines is 1. The molecule has 4 rings (SSSR count). The van der Waals surface area contributed by atoms with Crippen molar-refractivity contribution < 1.29 is 19.0 Å². The summed E-state index contributed by atoms with van der Waals surface area (Å²) in [5.41, 5.74) is 4.37. The number of methoxy groups -OCH3 is 3. The third kappa shape index (κ3) is 4.45. The van der Waals surface area contributed by atoms with E-state index in [0.717, 1.165) is 34.3 Å². The van der Waals surface area contributed by atoms with Gasteiger partial charge in [-0.2, -0.15) is 0 Å². The minimum Gasteiger partial charge on any atom is -0.496 e. The molecule has 0 atom stereocenters. The standard InChI is InChI=1S/C25H24ClN3O4/c1-31-20-10-5-4-7-16(20)13-17-8-6-9-18-24(17)28-22(27-18)14-29(15-30)19-11-12-21(32-2)25(33-3)23(19)26/h4-12,15H,13-14H2,1-3H3,(H,27,28). The molecule has 7 nitrogen and oxygen atoms in total. The number of H-pyrrole nitrogens is 1. The van der Waals surface area contributed by atoms with Crippen LogP contribution in [0.3, 0.4) is 0 Å². The van der Waals surface area contributed by atoms with Crippen molar-refractivity contribution in [3.63, 3.8) is 0 Å². The Hall–Kier alpha value is -3.71. The number of fused-ring (bicyclic) bond motifs is 1. The van der Waals surface area contributed by atoms with Gasteiger partial charge in [-0.1, -0.05) is 41.9 Å². The Kier molecular flexibility index (Phi) is 6.70.